The van der Waals surface area contributed by atoms with Crippen molar-refractivity contribution in [2.75, 3.05) is 0 Å². The van der Waals surface area contributed by atoms with Gasteiger partial charge in [-0.25, -0.2) is 0 Å². The summed E-state index contributed by atoms with van der Waals surface area (Å²) in [5.74, 6) is -0.260. The van der Waals surface area contributed by atoms with E-state index in [1.54, 1.807) is 30.0 Å². The second-order valence-electron chi connectivity index (χ2n) is 7.24. The summed E-state index contributed by atoms with van der Waals surface area (Å²) in [5.41, 5.74) is 1.84. The van der Waals surface area contributed by atoms with E-state index in [0.29, 0.717) is 22.9 Å². The summed E-state index contributed by atoms with van der Waals surface area (Å²) in [6.07, 6.45) is 1.75. The average molecular weight is 435 g/mol. The van der Waals surface area contributed by atoms with Crippen molar-refractivity contribution in [3.05, 3.63) is 69.7 Å². The van der Waals surface area contributed by atoms with Gasteiger partial charge in [-0.1, -0.05) is 66.5 Å². The zero-order valence-corrected chi connectivity index (χ0v) is 18.6. The van der Waals surface area contributed by atoms with Gasteiger partial charge in [0.15, 0.2) is 0 Å². The number of nitrogens with one attached hydrogen (secondary N) is 1. The molecule has 0 saturated carbocycles. The first-order chi connectivity index (χ1) is 13.8. The van der Waals surface area contributed by atoms with Gasteiger partial charge in [0.2, 0.25) is 11.8 Å². The molecule has 0 aromatic heterocycles. The Morgan fingerprint density at radius 3 is 2.38 bits per heavy atom. The molecule has 2 aromatic rings. The molecule has 0 unspecified atom stereocenters. The molecular formula is C23H28Cl2N2O2. The third-order valence-corrected chi connectivity index (χ3v) is 5.58. The molecule has 1 N–H and O–H groups in total. The standard InChI is InChI=1S/C23H28Cl2N2O2/c1-4-16(2)26-23(29)17(3)27(15-19-11-12-20(24)14-21(19)25)22(28)13-10-18-8-6-5-7-9-18/h5-9,11-12,14,16-17H,4,10,13,15H2,1-3H3,(H,26,29)/t16-,17+/m1/s1. The average Bonchev–Trinajstić information content (AvgIpc) is 2.71. The molecule has 4 nitrogen and oxygen atoms in total. The number of benzene rings is 2. The van der Waals surface area contributed by atoms with Gasteiger partial charge in [-0.2, -0.15) is 0 Å². The third-order valence-electron chi connectivity index (χ3n) is 4.99. The van der Waals surface area contributed by atoms with Crippen LogP contribution in [0.25, 0.3) is 0 Å². The maximum Gasteiger partial charge on any atom is 0.242 e. The third kappa shape index (κ3) is 7.06. The van der Waals surface area contributed by atoms with Gasteiger partial charge in [-0.3, -0.25) is 9.59 Å². The smallest absolute Gasteiger partial charge is 0.242 e. The van der Waals surface area contributed by atoms with Crippen molar-refractivity contribution in [2.24, 2.45) is 0 Å². The predicted molar refractivity (Wildman–Crippen MR) is 119 cm³/mol. The summed E-state index contributed by atoms with van der Waals surface area (Å²) >= 11 is 12.3. The number of hydrogen-bond donors (Lipinski definition) is 1. The Balaban J connectivity index is 2.18. The molecule has 156 valence electrons. The Morgan fingerprint density at radius 2 is 1.76 bits per heavy atom. The van der Waals surface area contributed by atoms with Crippen LogP contribution in [0.4, 0.5) is 0 Å². The molecule has 0 bridgehead atoms. The van der Waals surface area contributed by atoms with E-state index in [0.717, 1.165) is 17.5 Å². The Hall–Kier alpha value is -2.04. The van der Waals surface area contributed by atoms with Crippen molar-refractivity contribution in [1.29, 1.82) is 0 Å². The van der Waals surface area contributed by atoms with Crippen LogP contribution in [0.15, 0.2) is 48.5 Å². The topological polar surface area (TPSA) is 49.4 Å². The zero-order valence-electron chi connectivity index (χ0n) is 17.1. The highest BCUT2D eigenvalue weighted by atomic mass is 35.5. The van der Waals surface area contributed by atoms with E-state index in [2.05, 4.69) is 5.32 Å². The van der Waals surface area contributed by atoms with Crippen LogP contribution in [-0.4, -0.2) is 28.8 Å². The first-order valence-corrected chi connectivity index (χ1v) is 10.6. The lowest BCUT2D eigenvalue weighted by Gasteiger charge is -2.30. The maximum atomic E-state index is 13.1. The number of aryl methyl sites for hydroxylation is 1. The van der Waals surface area contributed by atoms with Crippen LogP contribution in [0.2, 0.25) is 10.0 Å². The molecule has 0 aliphatic carbocycles. The monoisotopic (exact) mass is 434 g/mol. The molecule has 0 heterocycles. The number of carbonyl (C=O) groups is 2. The van der Waals surface area contributed by atoms with Crippen molar-refractivity contribution < 1.29 is 9.59 Å². The lowest BCUT2D eigenvalue weighted by molar-refractivity contribution is -0.140. The Bertz CT molecular complexity index is 827. The van der Waals surface area contributed by atoms with Crippen molar-refractivity contribution in [2.45, 2.75) is 58.7 Å². The minimum atomic E-state index is -0.612. The van der Waals surface area contributed by atoms with Gasteiger partial charge in [0.1, 0.15) is 6.04 Å². The highest BCUT2D eigenvalue weighted by Gasteiger charge is 2.27. The van der Waals surface area contributed by atoms with Crippen LogP contribution in [0, 0.1) is 0 Å². The largest absolute Gasteiger partial charge is 0.352 e. The Labute approximate surface area is 183 Å². The van der Waals surface area contributed by atoms with Crippen LogP contribution < -0.4 is 5.32 Å². The molecule has 0 aliphatic rings. The molecule has 29 heavy (non-hydrogen) atoms. The summed E-state index contributed by atoms with van der Waals surface area (Å²) in [6.45, 7) is 5.95. The SMILES string of the molecule is CC[C@@H](C)NC(=O)[C@H](C)N(Cc1ccc(Cl)cc1Cl)C(=O)CCc1ccccc1. The summed E-state index contributed by atoms with van der Waals surface area (Å²) in [6, 6.07) is 14.4. The highest BCUT2D eigenvalue weighted by molar-refractivity contribution is 6.35. The normalized spacial score (nSPS) is 12.9. The molecule has 0 fully saturated rings. The number of rotatable bonds is 9. The molecule has 2 aromatic carbocycles. The molecule has 0 saturated heterocycles. The molecule has 2 atom stereocenters. The minimum Gasteiger partial charge on any atom is -0.352 e. The van der Waals surface area contributed by atoms with Gasteiger partial charge >= 0.3 is 0 Å². The first-order valence-electron chi connectivity index (χ1n) is 9.89. The quantitative estimate of drug-likeness (QED) is 0.584. The van der Waals surface area contributed by atoms with Crippen molar-refractivity contribution in [3.8, 4) is 0 Å². The predicted octanol–water partition coefficient (Wildman–Crippen LogP) is 5.26. The molecular weight excluding hydrogens is 407 g/mol. The zero-order chi connectivity index (χ0) is 21.4. The van der Waals surface area contributed by atoms with Crippen LogP contribution >= 0.6 is 23.2 Å². The number of hydrogen-bond acceptors (Lipinski definition) is 2. The summed E-state index contributed by atoms with van der Waals surface area (Å²) in [5, 5.41) is 3.97. The van der Waals surface area contributed by atoms with E-state index in [1.807, 2.05) is 44.2 Å². The molecule has 0 aliphatic heterocycles. The fraction of sp³-hybridized carbons (Fsp3) is 0.391. The van der Waals surface area contributed by atoms with Gasteiger partial charge in [0.05, 0.1) is 0 Å². The second-order valence-corrected chi connectivity index (χ2v) is 8.08. The van der Waals surface area contributed by atoms with E-state index >= 15 is 0 Å². The van der Waals surface area contributed by atoms with Crippen molar-refractivity contribution in [3.63, 3.8) is 0 Å². The number of carbonyl (C=O) groups excluding carboxylic acids is 2. The number of halogens is 2. The fourth-order valence-electron chi connectivity index (χ4n) is 2.92. The summed E-state index contributed by atoms with van der Waals surface area (Å²) in [4.78, 5) is 27.4. The van der Waals surface area contributed by atoms with Crippen LogP contribution in [0.5, 0.6) is 0 Å². The minimum absolute atomic E-state index is 0.0466. The maximum absolute atomic E-state index is 13.1. The Kier molecular flexibility index (Phi) is 8.99. The number of amides is 2. The summed E-state index contributed by atoms with van der Waals surface area (Å²) in [7, 11) is 0. The summed E-state index contributed by atoms with van der Waals surface area (Å²) < 4.78 is 0. The van der Waals surface area contributed by atoms with E-state index < -0.39 is 6.04 Å². The number of nitrogens with zero attached hydrogens (tertiary/aromatic N) is 1. The van der Waals surface area contributed by atoms with E-state index in [1.165, 1.54) is 0 Å². The van der Waals surface area contributed by atoms with Crippen LogP contribution in [0.3, 0.4) is 0 Å². The van der Waals surface area contributed by atoms with Gasteiger partial charge in [0, 0.05) is 29.1 Å². The molecule has 0 spiro atoms. The van der Waals surface area contributed by atoms with Crippen molar-refractivity contribution >= 4 is 35.0 Å². The highest BCUT2D eigenvalue weighted by Crippen LogP contribution is 2.23. The van der Waals surface area contributed by atoms with Crippen molar-refractivity contribution in [1.82, 2.24) is 10.2 Å². The fourth-order valence-corrected chi connectivity index (χ4v) is 3.39. The molecule has 0 radical (unpaired) electrons. The van der Waals surface area contributed by atoms with Gasteiger partial charge in [-0.05, 0) is 49.9 Å². The lowest BCUT2D eigenvalue weighted by atomic mass is 10.1. The molecule has 6 heteroatoms. The van der Waals surface area contributed by atoms with E-state index in [9.17, 15) is 9.59 Å². The molecule has 2 rings (SSSR count). The van der Waals surface area contributed by atoms with Crippen LogP contribution in [0.1, 0.15) is 44.7 Å². The van der Waals surface area contributed by atoms with Gasteiger partial charge in [0.25, 0.3) is 0 Å². The van der Waals surface area contributed by atoms with Gasteiger partial charge in [-0.15, -0.1) is 0 Å². The second kappa shape index (κ2) is 11.2. The lowest BCUT2D eigenvalue weighted by Crippen LogP contribution is -2.49. The van der Waals surface area contributed by atoms with E-state index in [4.69, 9.17) is 23.2 Å². The first kappa shape index (κ1) is 23.2. The van der Waals surface area contributed by atoms with Gasteiger partial charge < -0.3 is 10.2 Å². The Morgan fingerprint density at radius 1 is 1.07 bits per heavy atom. The van der Waals surface area contributed by atoms with E-state index in [-0.39, 0.29) is 24.4 Å². The molecule has 2 amide bonds. The van der Waals surface area contributed by atoms with Crippen LogP contribution in [-0.2, 0) is 22.6 Å².